The minimum atomic E-state index is 1.06. The summed E-state index contributed by atoms with van der Waals surface area (Å²) in [5.74, 6) is 13.5. The lowest BCUT2D eigenvalue weighted by Gasteiger charge is -1.94. The molecule has 0 nitrogen and oxygen atoms in total. The number of hydrogen-bond donors (Lipinski definition) is 0. The fourth-order valence-electron chi connectivity index (χ4n) is 5.03. The van der Waals surface area contributed by atoms with Crippen LogP contribution in [0.25, 0.3) is 49.7 Å². The maximum atomic E-state index is 3.40. The van der Waals surface area contributed by atoms with Crippen LogP contribution in [-0.2, 0) is 0 Å². The highest BCUT2D eigenvalue weighted by Gasteiger charge is 2.17. The molecule has 188 valence electrons. The van der Waals surface area contributed by atoms with E-state index < -0.39 is 0 Å². The number of benzene rings is 4. The smallest absolute Gasteiger partial charge is 0.0785 e. The van der Waals surface area contributed by atoms with Gasteiger partial charge < -0.3 is 0 Å². The first kappa shape index (κ1) is 23.9. The molecule has 0 aliphatic carbocycles. The maximum Gasteiger partial charge on any atom is 0.0785 e. The third kappa shape index (κ3) is 4.05. The summed E-state index contributed by atoms with van der Waals surface area (Å²) >= 11 is 7.48. The van der Waals surface area contributed by atoms with E-state index in [2.05, 4.69) is 122 Å². The Labute approximate surface area is 248 Å². The molecule has 0 atom stereocenters. The van der Waals surface area contributed by atoms with E-state index >= 15 is 0 Å². The normalized spacial score (nSPS) is 11.3. The average molecular weight is 581 g/mol. The Kier molecular flexibility index (Phi) is 5.59. The molecular weight excluding hydrogens is 561 g/mol. The van der Waals surface area contributed by atoms with Crippen LogP contribution in [0.5, 0.6) is 0 Å². The number of hydrogen-bond acceptors (Lipinski definition) is 4. The Balaban J connectivity index is 1.22. The molecule has 4 heteroatoms. The van der Waals surface area contributed by atoms with E-state index in [0.29, 0.717) is 0 Å². The molecule has 0 N–H and O–H groups in total. The van der Waals surface area contributed by atoms with Crippen molar-refractivity contribution in [2.45, 2.75) is 13.8 Å². The second-order valence-corrected chi connectivity index (χ2v) is 14.2. The van der Waals surface area contributed by atoms with Gasteiger partial charge in [0.05, 0.1) is 38.0 Å². The largest absolute Gasteiger partial charge is 0.132 e. The Hall–Kier alpha value is -3.90. The van der Waals surface area contributed by atoms with Crippen molar-refractivity contribution in [2.24, 2.45) is 0 Å². The van der Waals surface area contributed by atoms with Gasteiger partial charge >= 0.3 is 0 Å². The third-order valence-corrected chi connectivity index (χ3v) is 12.2. The summed E-state index contributed by atoms with van der Waals surface area (Å²) in [7, 11) is 0. The van der Waals surface area contributed by atoms with Gasteiger partial charge in [-0.05, 0) is 61.0 Å². The SMILES string of the molecule is Cc1ccc(C#Cc2cc3ccc4c(sc5c6ccc7cc(C#Cc8ccc(C)cc8)sc7c6sc45)c3s2)cc1. The summed E-state index contributed by atoms with van der Waals surface area (Å²) in [5, 5.41) is 5.28. The van der Waals surface area contributed by atoms with Crippen molar-refractivity contribution >= 4 is 95.1 Å². The van der Waals surface area contributed by atoms with Gasteiger partial charge in [0, 0.05) is 21.9 Å². The van der Waals surface area contributed by atoms with Crippen molar-refractivity contribution in [1.82, 2.24) is 0 Å². The first-order valence-electron chi connectivity index (χ1n) is 13.0. The predicted molar refractivity (Wildman–Crippen MR) is 180 cm³/mol. The van der Waals surface area contributed by atoms with Crippen molar-refractivity contribution in [3.8, 4) is 23.7 Å². The van der Waals surface area contributed by atoms with E-state index in [4.69, 9.17) is 0 Å². The Morgan fingerprint density at radius 3 is 1.23 bits per heavy atom. The van der Waals surface area contributed by atoms with Crippen molar-refractivity contribution in [2.75, 3.05) is 0 Å². The van der Waals surface area contributed by atoms with Crippen molar-refractivity contribution in [3.63, 3.8) is 0 Å². The molecule has 0 radical (unpaired) electrons. The van der Waals surface area contributed by atoms with Gasteiger partial charge in [-0.25, -0.2) is 0 Å². The first-order chi connectivity index (χ1) is 19.6. The molecule has 40 heavy (non-hydrogen) atoms. The fraction of sp³-hybridized carbons (Fsp3) is 0.0556. The molecule has 8 rings (SSSR count). The molecular formula is C36H20S4. The van der Waals surface area contributed by atoms with Crippen LogP contribution in [0, 0.1) is 37.5 Å². The van der Waals surface area contributed by atoms with Crippen LogP contribution < -0.4 is 0 Å². The van der Waals surface area contributed by atoms with Gasteiger partial charge in [0.1, 0.15) is 0 Å². The molecule has 0 saturated carbocycles. The van der Waals surface area contributed by atoms with E-state index in [0.717, 1.165) is 20.9 Å². The van der Waals surface area contributed by atoms with Gasteiger partial charge in [-0.15, -0.1) is 45.3 Å². The lowest BCUT2D eigenvalue weighted by atomic mass is 10.1. The van der Waals surface area contributed by atoms with E-state index in [-0.39, 0.29) is 0 Å². The summed E-state index contributed by atoms with van der Waals surface area (Å²) in [6.45, 7) is 4.21. The van der Waals surface area contributed by atoms with E-state index in [1.54, 1.807) is 0 Å². The van der Waals surface area contributed by atoms with Crippen LogP contribution in [0.4, 0.5) is 0 Å². The van der Waals surface area contributed by atoms with Crippen molar-refractivity contribution < 1.29 is 0 Å². The average Bonchev–Trinajstić information content (AvgIpc) is 3.73. The zero-order chi connectivity index (χ0) is 26.8. The van der Waals surface area contributed by atoms with Crippen LogP contribution in [0.1, 0.15) is 32.0 Å². The maximum absolute atomic E-state index is 3.40. The molecule has 0 bridgehead atoms. The molecule has 4 aromatic heterocycles. The predicted octanol–water partition coefficient (Wildman–Crippen LogP) is 11.1. The van der Waals surface area contributed by atoms with Crippen molar-refractivity contribution in [3.05, 3.63) is 117 Å². The molecule has 0 saturated heterocycles. The minimum absolute atomic E-state index is 1.06. The Bertz CT molecular complexity index is 2210. The molecule has 4 aromatic carbocycles. The zero-order valence-corrected chi connectivity index (χ0v) is 25.0. The molecule has 8 aromatic rings. The number of rotatable bonds is 0. The number of fused-ring (bicyclic) bond motifs is 9. The third-order valence-electron chi connectivity index (χ3n) is 7.15. The van der Waals surface area contributed by atoms with Crippen LogP contribution in [0.2, 0.25) is 0 Å². The van der Waals surface area contributed by atoms with E-state index in [1.807, 2.05) is 45.3 Å². The molecule has 4 heterocycles. The molecule has 0 aliphatic heterocycles. The lowest BCUT2D eigenvalue weighted by Crippen LogP contribution is -1.74. The summed E-state index contributed by atoms with van der Waals surface area (Å²) in [5.41, 5.74) is 4.63. The monoisotopic (exact) mass is 580 g/mol. The molecule has 0 amide bonds. The highest BCUT2D eigenvalue weighted by molar-refractivity contribution is 7.40. The Morgan fingerprint density at radius 2 is 0.800 bits per heavy atom. The van der Waals surface area contributed by atoms with Crippen LogP contribution in [-0.4, -0.2) is 0 Å². The molecule has 0 fully saturated rings. The summed E-state index contributed by atoms with van der Waals surface area (Å²) in [4.78, 5) is 2.23. The van der Waals surface area contributed by atoms with Gasteiger partial charge in [-0.2, -0.15) is 0 Å². The van der Waals surface area contributed by atoms with Gasteiger partial charge in [0.25, 0.3) is 0 Å². The first-order valence-corrected chi connectivity index (χ1v) is 16.3. The Morgan fingerprint density at radius 1 is 0.400 bits per heavy atom. The van der Waals surface area contributed by atoms with E-state index in [1.165, 1.54) is 60.9 Å². The summed E-state index contributed by atoms with van der Waals surface area (Å²) in [6.07, 6.45) is 0. The summed E-state index contributed by atoms with van der Waals surface area (Å²) in [6, 6.07) is 30.5. The number of aryl methyl sites for hydroxylation is 2. The quantitative estimate of drug-likeness (QED) is 0.157. The van der Waals surface area contributed by atoms with Crippen LogP contribution >= 0.6 is 45.3 Å². The lowest BCUT2D eigenvalue weighted by molar-refractivity contribution is 1.46. The fourth-order valence-corrected chi connectivity index (χ4v) is 10.2. The zero-order valence-electron chi connectivity index (χ0n) is 21.7. The highest BCUT2D eigenvalue weighted by atomic mass is 32.1. The van der Waals surface area contributed by atoms with Gasteiger partial charge in [-0.3, -0.25) is 0 Å². The van der Waals surface area contributed by atoms with Gasteiger partial charge in [0.15, 0.2) is 0 Å². The van der Waals surface area contributed by atoms with Crippen molar-refractivity contribution in [1.29, 1.82) is 0 Å². The molecule has 0 unspecified atom stereocenters. The number of thiophene rings is 4. The highest BCUT2D eigenvalue weighted by Crippen LogP contribution is 2.50. The second kappa shape index (κ2) is 9.34. The topological polar surface area (TPSA) is 0 Å². The van der Waals surface area contributed by atoms with E-state index in [9.17, 15) is 0 Å². The second-order valence-electron chi connectivity index (χ2n) is 10.0. The van der Waals surface area contributed by atoms with Gasteiger partial charge in [-0.1, -0.05) is 83.3 Å². The standard InChI is InChI=1S/C36H20S4/c1-21-3-7-23(8-4-21)11-15-27-19-25-13-17-29-33(31(25)37-27)39-36-30-18-14-26-20-28(38-32(26)34(30)40-35(29)36)16-12-24-9-5-22(2)6-10-24/h3-10,13-14,17-20H,1-2H3. The van der Waals surface area contributed by atoms with Crippen LogP contribution in [0.3, 0.4) is 0 Å². The minimum Gasteiger partial charge on any atom is -0.132 e. The van der Waals surface area contributed by atoms with Crippen LogP contribution in [0.15, 0.2) is 84.9 Å². The summed E-state index contributed by atoms with van der Waals surface area (Å²) < 4.78 is 8.24. The molecule has 0 spiro atoms. The van der Waals surface area contributed by atoms with Gasteiger partial charge in [0.2, 0.25) is 0 Å². The molecule has 0 aliphatic rings.